The van der Waals surface area contributed by atoms with Crippen molar-refractivity contribution in [3.8, 4) is 0 Å². The zero-order valence-electron chi connectivity index (χ0n) is 9.77. The van der Waals surface area contributed by atoms with Crippen molar-refractivity contribution in [2.45, 2.75) is 0 Å². The lowest BCUT2D eigenvalue weighted by Crippen LogP contribution is -3.00. The molecule has 0 unspecified atom stereocenters. The lowest BCUT2D eigenvalue weighted by molar-refractivity contribution is -0.871. The number of hydrogen-bond donors (Lipinski definition) is 2. The molecule has 8 heteroatoms. The number of amides is 3. The molecule has 0 fully saturated rings. The summed E-state index contributed by atoms with van der Waals surface area (Å²) in [5.41, 5.74) is 9.90. The van der Waals surface area contributed by atoms with Gasteiger partial charge in [0.2, 0.25) is 5.91 Å². The summed E-state index contributed by atoms with van der Waals surface area (Å²) in [7, 11) is 5.93. The van der Waals surface area contributed by atoms with Gasteiger partial charge in [-0.05, 0) is 0 Å². The highest BCUT2D eigenvalue weighted by atomic mass is 35.5. The molecule has 0 radical (unpaired) electrons. The van der Waals surface area contributed by atoms with E-state index < -0.39 is 11.9 Å². The highest BCUT2D eigenvalue weighted by Gasteiger charge is 2.15. The average Bonchev–Trinajstić information content (AvgIpc) is 1.99. The summed E-state index contributed by atoms with van der Waals surface area (Å²) < 4.78 is 0.684. The topological polar surface area (TPSA) is 98.7 Å². The molecular weight excluding hydrogens is 236 g/mol. The molecule has 3 amide bonds. The Kier molecular flexibility index (Phi) is 7.87. The molecule has 0 aliphatic rings. The van der Waals surface area contributed by atoms with Crippen LogP contribution in [0.25, 0.3) is 0 Å². The zero-order valence-corrected chi connectivity index (χ0v) is 10.5. The van der Waals surface area contributed by atoms with E-state index in [1.807, 2.05) is 21.1 Å². The molecule has 0 aromatic rings. The van der Waals surface area contributed by atoms with Gasteiger partial charge in [0.05, 0.1) is 21.1 Å². The van der Waals surface area contributed by atoms with Crippen LogP contribution in [0, 0.1) is 0 Å². The molecule has 0 heterocycles. The predicted octanol–water partition coefficient (Wildman–Crippen LogP) is -4.51. The zero-order chi connectivity index (χ0) is 12.1. The fraction of sp³-hybridized carbons (Fsp3) is 0.750. The van der Waals surface area contributed by atoms with Crippen LogP contribution in [0.3, 0.4) is 0 Å². The highest BCUT2D eigenvalue weighted by molar-refractivity contribution is 5.81. The van der Waals surface area contributed by atoms with Crippen molar-refractivity contribution in [3.63, 3.8) is 0 Å². The van der Waals surface area contributed by atoms with Crippen LogP contribution in [0.5, 0.6) is 0 Å². The Labute approximate surface area is 101 Å². The second kappa shape index (κ2) is 7.26. The van der Waals surface area contributed by atoms with E-state index in [4.69, 9.17) is 16.3 Å². The Balaban J connectivity index is 0. The van der Waals surface area contributed by atoms with E-state index in [1.165, 1.54) is 0 Å². The highest BCUT2D eigenvalue weighted by Crippen LogP contribution is 1.94. The number of primary amides is 2. The number of rotatable bonds is 6. The van der Waals surface area contributed by atoms with E-state index >= 15 is 0 Å². The molecule has 4 N–H and O–H groups in total. The monoisotopic (exact) mass is 254 g/mol. The van der Waals surface area contributed by atoms with Crippen LogP contribution < -0.4 is 23.9 Å². The van der Waals surface area contributed by atoms with Gasteiger partial charge in [-0.15, -0.1) is 0 Å². The van der Waals surface area contributed by atoms with E-state index in [-0.39, 0.29) is 19.0 Å². The number of nitrogens with zero attached hydrogens (tertiary/aromatic N) is 2. The molecule has 0 atom stereocenters. The van der Waals surface area contributed by atoms with E-state index in [9.17, 15) is 9.59 Å². The normalized spacial score (nSPS) is 10.4. The lowest BCUT2D eigenvalue weighted by Gasteiger charge is -2.25. The van der Waals surface area contributed by atoms with Crippen LogP contribution in [0.15, 0.2) is 0 Å². The minimum absolute atomic E-state index is 0. The van der Waals surface area contributed by atoms with Gasteiger partial charge in [0, 0.05) is 0 Å². The maximum Gasteiger partial charge on any atom is 0.339 e. The van der Waals surface area contributed by atoms with Crippen LogP contribution in [-0.4, -0.2) is 62.3 Å². The van der Waals surface area contributed by atoms with Gasteiger partial charge in [-0.1, -0.05) is 0 Å². The Morgan fingerprint density at radius 1 is 1.25 bits per heavy atom. The van der Waals surface area contributed by atoms with Crippen LogP contribution in [-0.2, 0) is 9.63 Å². The van der Waals surface area contributed by atoms with Crippen molar-refractivity contribution >= 4 is 11.9 Å². The lowest BCUT2D eigenvalue weighted by atomic mass is 10.5. The number of halogens is 1. The number of carbonyl (C=O) groups excluding carboxylic acids is 2. The molecule has 0 rings (SSSR count). The fourth-order valence-electron chi connectivity index (χ4n) is 0.754. The maximum atomic E-state index is 10.8. The van der Waals surface area contributed by atoms with Crippen LogP contribution in [0.1, 0.15) is 0 Å². The Morgan fingerprint density at radius 3 is 2.06 bits per heavy atom. The second-order valence-electron chi connectivity index (χ2n) is 4.19. The molecule has 0 aliphatic carbocycles. The molecular formula is C8H19ClN4O3. The van der Waals surface area contributed by atoms with E-state index in [2.05, 4.69) is 0 Å². The van der Waals surface area contributed by atoms with Gasteiger partial charge in [0.1, 0.15) is 19.7 Å². The van der Waals surface area contributed by atoms with Crippen molar-refractivity contribution in [2.24, 2.45) is 11.5 Å². The van der Waals surface area contributed by atoms with Crippen LogP contribution in [0.2, 0.25) is 0 Å². The van der Waals surface area contributed by atoms with Crippen LogP contribution in [0.4, 0.5) is 4.79 Å². The molecule has 16 heavy (non-hydrogen) atoms. The molecule has 0 aliphatic heterocycles. The number of quaternary nitrogens is 1. The quantitative estimate of drug-likeness (QED) is 0.369. The first kappa shape index (κ1) is 17.3. The van der Waals surface area contributed by atoms with Gasteiger partial charge >= 0.3 is 6.03 Å². The number of hydroxylamine groups is 2. The smallest absolute Gasteiger partial charge is 0.339 e. The molecule has 7 nitrogen and oxygen atoms in total. The van der Waals surface area contributed by atoms with Gasteiger partial charge in [0.25, 0.3) is 0 Å². The van der Waals surface area contributed by atoms with E-state index in [0.29, 0.717) is 17.6 Å². The molecule has 0 bridgehead atoms. The summed E-state index contributed by atoms with van der Waals surface area (Å²) >= 11 is 0. The second-order valence-corrected chi connectivity index (χ2v) is 4.19. The van der Waals surface area contributed by atoms with Gasteiger partial charge in [-0.25, -0.2) is 4.79 Å². The van der Waals surface area contributed by atoms with Crippen molar-refractivity contribution in [1.29, 1.82) is 0 Å². The van der Waals surface area contributed by atoms with Crippen molar-refractivity contribution < 1.29 is 31.3 Å². The van der Waals surface area contributed by atoms with E-state index in [1.54, 1.807) is 0 Å². The standard InChI is InChI=1S/C8H18N4O3.ClH/c1-12(2,3)4-5-15-11(8(10)14)6-7(9)13;/h4-6H2,1-3H3,(H3-,9,10,13,14);1H. The first-order valence-corrected chi connectivity index (χ1v) is 4.51. The van der Waals surface area contributed by atoms with E-state index in [0.717, 1.165) is 5.06 Å². The molecule has 0 spiro atoms. The van der Waals surface area contributed by atoms with Crippen molar-refractivity contribution in [3.05, 3.63) is 0 Å². The molecule has 0 aromatic carbocycles. The number of nitrogens with two attached hydrogens (primary N) is 2. The fourth-order valence-corrected chi connectivity index (χ4v) is 0.754. The number of likely N-dealkylation sites (N-methyl/N-ethyl adjacent to an activating group) is 1. The summed E-state index contributed by atoms with van der Waals surface area (Å²) in [6.07, 6.45) is 0. The largest absolute Gasteiger partial charge is 1.00 e. The van der Waals surface area contributed by atoms with Crippen molar-refractivity contribution in [2.75, 3.05) is 40.8 Å². The summed E-state index contributed by atoms with van der Waals surface area (Å²) in [6.45, 7) is 0.648. The number of carbonyl (C=O) groups is 2. The molecule has 0 aromatic heterocycles. The Bertz CT molecular complexity index is 242. The number of urea groups is 1. The molecule has 96 valence electrons. The number of hydrogen-bond acceptors (Lipinski definition) is 3. The molecule has 0 saturated carbocycles. The SMILES string of the molecule is C[N+](C)(C)CCON(CC(N)=O)C(N)=O.[Cl-]. The predicted molar refractivity (Wildman–Crippen MR) is 54.3 cm³/mol. The first-order chi connectivity index (χ1) is 6.72. The summed E-state index contributed by atoms with van der Waals surface area (Å²) in [6, 6.07) is -0.824. The van der Waals surface area contributed by atoms with Gasteiger partial charge < -0.3 is 28.4 Å². The average molecular weight is 255 g/mol. The maximum absolute atomic E-state index is 10.8. The third-order valence-electron chi connectivity index (χ3n) is 1.55. The minimum atomic E-state index is -0.824. The Morgan fingerprint density at radius 2 is 1.75 bits per heavy atom. The van der Waals surface area contributed by atoms with Crippen molar-refractivity contribution in [1.82, 2.24) is 5.06 Å². The Hall–Kier alpha value is -1.05. The molecule has 0 saturated heterocycles. The first-order valence-electron chi connectivity index (χ1n) is 4.51. The van der Waals surface area contributed by atoms with Gasteiger partial charge in [-0.3, -0.25) is 9.63 Å². The third kappa shape index (κ3) is 9.50. The van der Waals surface area contributed by atoms with Gasteiger partial charge in [-0.2, -0.15) is 5.06 Å². The minimum Gasteiger partial charge on any atom is -1.00 e. The summed E-state index contributed by atoms with van der Waals surface area (Å²) in [5, 5.41) is 0.762. The van der Waals surface area contributed by atoms with Crippen LogP contribution >= 0.6 is 0 Å². The third-order valence-corrected chi connectivity index (χ3v) is 1.55. The van der Waals surface area contributed by atoms with Gasteiger partial charge in [0.15, 0.2) is 0 Å². The summed E-state index contributed by atoms with van der Waals surface area (Å²) in [4.78, 5) is 26.4. The summed E-state index contributed by atoms with van der Waals surface area (Å²) in [5.74, 6) is -0.668.